The van der Waals surface area contributed by atoms with Crippen LogP contribution in [-0.2, 0) is 20.9 Å². The molecule has 6 nitrogen and oxygen atoms in total. The van der Waals surface area contributed by atoms with Crippen LogP contribution in [0.5, 0.6) is 0 Å². The summed E-state index contributed by atoms with van der Waals surface area (Å²) in [6.07, 6.45) is 1.96. The van der Waals surface area contributed by atoms with Crippen molar-refractivity contribution in [2.24, 2.45) is 0 Å². The van der Waals surface area contributed by atoms with Crippen molar-refractivity contribution < 1.29 is 19.1 Å². The number of nitrogens with zero attached hydrogens (tertiary/aromatic N) is 1. The van der Waals surface area contributed by atoms with Crippen molar-refractivity contribution in [2.75, 3.05) is 13.2 Å². The van der Waals surface area contributed by atoms with Crippen LogP contribution in [0.15, 0.2) is 42.5 Å². The fourth-order valence-electron chi connectivity index (χ4n) is 1.69. The van der Waals surface area contributed by atoms with Gasteiger partial charge < -0.3 is 9.64 Å². The molecule has 0 spiro atoms. The summed E-state index contributed by atoms with van der Waals surface area (Å²) < 4.78 is 4.64. The standard InChI is InChI=1S/C16H20N2O4/c1-3-18(12-13-8-6-5-7-9-13)16(21)17-14(19)10-11-15(20)22-4-2/h5-11H,3-4,12H2,1-2H3,(H,17,19,21)/b11-10+. The zero-order chi connectivity index (χ0) is 16.4. The molecule has 0 saturated heterocycles. The monoisotopic (exact) mass is 304 g/mol. The van der Waals surface area contributed by atoms with Gasteiger partial charge in [0.2, 0.25) is 0 Å². The van der Waals surface area contributed by atoms with Gasteiger partial charge in [-0.2, -0.15) is 0 Å². The predicted molar refractivity (Wildman–Crippen MR) is 81.8 cm³/mol. The molecule has 22 heavy (non-hydrogen) atoms. The number of benzene rings is 1. The van der Waals surface area contributed by atoms with Gasteiger partial charge in [0.1, 0.15) is 0 Å². The molecule has 0 aromatic heterocycles. The zero-order valence-electron chi connectivity index (χ0n) is 12.7. The van der Waals surface area contributed by atoms with E-state index in [4.69, 9.17) is 0 Å². The Balaban J connectivity index is 2.54. The first-order valence-corrected chi connectivity index (χ1v) is 7.05. The van der Waals surface area contributed by atoms with Crippen LogP contribution in [0, 0.1) is 0 Å². The number of ether oxygens (including phenoxy) is 1. The van der Waals surface area contributed by atoms with E-state index in [1.165, 1.54) is 4.90 Å². The Hall–Kier alpha value is -2.63. The molecule has 0 aliphatic rings. The molecule has 1 rings (SSSR count). The van der Waals surface area contributed by atoms with Crippen LogP contribution >= 0.6 is 0 Å². The van der Waals surface area contributed by atoms with E-state index < -0.39 is 17.9 Å². The molecule has 0 saturated carbocycles. The van der Waals surface area contributed by atoms with E-state index in [1.54, 1.807) is 6.92 Å². The fourth-order valence-corrected chi connectivity index (χ4v) is 1.69. The van der Waals surface area contributed by atoms with E-state index in [2.05, 4.69) is 10.1 Å². The van der Waals surface area contributed by atoms with E-state index >= 15 is 0 Å². The lowest BCUT2D eigenvalue weighted by Crippen LogP contribution is -2.41. The van der Waals surface area contributed by atoms with Gasteiger partial charge in [0.25, 0.3) is 5.91 Å². The van der Waals surface area contributed by atoms with E-state index in [0.29, 0.717) is 13.1 Å². The first-order chi connectivity index (χ1) is 10.6. The first kappa shape index (κ1) is 17.4. The third-order valence-corrected chi connectivity index (χ3v) is 2.77. The van der Waals surface area contributed by atoms with Gasteiger partial charge in [-0.3, -0.25) is 10.1 Å². The SMILES string of the molecule is CCOC(=O)/C=C/C(=O)NC(=O)N(CC)Cc1ccccc1. The number of amides is 3. The molecule has 1 N–H and O–H groups in total. The summed E-state index contributed by atoms with van der Waals surface area (Å²) in [5, 5.41) is 2.20. The first-order valence-electron chi connectivity index (χ1n) is 7.05. The predicted octanol–water partition coefficient (Wildman–Crippen LogP) is 1.86. The molecule has 1 aromatic rings. The molecule has 3 amide bonds. The Labute approximate surface area is 129 Å². The van der Waals surface area contributed by atoms with Gasteiger partial charge in [-0.05, 0) is 19.4 Å². The molecule has 1 aromatic carbocycles. The molecule has 0 radical (unpaired) electrons. The minimum atomic E-state index is -0.662. The lowest BCUT2D eigenvalue weighted by molar-refractivity contribution is -0.137. The summed E-state index contributed by atoms with van der Waals surface area (Å²) in [7, 11) is 0. The Bertz CT molecular complexity index is 540. The van der Waals surface area contributed by atoms with Crippen LogP contribution in [0.4, 0.5) is 4.79 Å². The smallest absolute Gasteiger partial charge is 0.330 e. The Kier molecular flexibility index (Phi) is 7.39. The van der Waals surface area contributed by atoms with Gasteiger partial charge in [-0.25, -0.2) is 9.59 Å². The van der Waals surface area contributed by atoms with Crippen molar-refractivity contribution in [1.29, 1.82) is 0 Å². The highest BCUT2D eigenvalue weighted by Crippen LogP contribution is 2.04. The second-order valence-corrected chi connectivity index (χ2v) is 4.38. The highest BCUT2D eigenvalue weighted by atomic mass is 16.5. The maximum absolute atomic E-state index is 12.0. The van der Waals surface area contributed by atoms with Gasteiger partial charge in [0, 0.05) is 25.2 Å². The maximum atomic E-state index is 12.0. The average molecular weight is 304 g/mol. The van der Waals surface area contributed by atoms with Gasteiger partial charge in [-0.15, -0.1) is 0 Å². The number of carbonyl (C=O) groups excluding carboxylic acids is 3. The Morgan fingerprint density at radius 1 is 1.14 bits per heavy atom. The number of hydrogen-bond acceptors (Lipinski definition) is 4. The third kappa shape index (κ3) is 6.21. The second kappa shape index (κ2) is 9.33. The Morgan fingerprint density at radius 2 is 1.82 bits per heavy atom. The number of nitrogens with one attached hydrogen (secondary N) is 1. The number of hydrogen-bond donors (Lipinski definition) is 1. The van der Waals surface area contributed by atoms with E-state index in [-0.39, 0.29) is 6.61 Å². The molecular weight excluding hydrogens is 284 g/mol. The van der Waals surface area contributed by atoms with Crippen molar-refractivity contribution in [1.82, 2.24) is 10.2 Å². The molecule has 0 aliphatic heterocycles. The fraction of sp³-hybridized carbons (Fsp3) is 0.312. The lowest BCUT2D eigenvalue weighted by Gasteiger charge is -2.20. The van der Waals surface area contributed by atoms with Gasteiger partial charge in [0.15, 0.2) is 0 Å². The molecule has 0 aliphatic carbocycles. The quantitative estimate of drug-likeness (QED) is 0.643. The van der Waals surface area contributed by atoms with Crippen molar-refractivity contribution in [3.8, 4) is 0 Å². The van der Waals surface area contributed by atoms with Crippen LogP contribution in [0.25, 0.3) is 0 Å². The number of imide groups is 1. The minimum absolute atomic E-state index is 0.227. The van der Waals surface area contributed by atoms with Crippen LogP contribution in [0.3, 0.4) is 0 Å². The van der Waals surface area contributed by atoms with Crippen LogP contribution in [0.2, 0.25) is 0 Å². The summed E-state index contributed by atoms with van der Waals surface area (Å²) in [6.45, 7) is 4.57. The number of carbonyl (C=O) groups is 3. The van der Waals surface area contributed by atoms with Crippen LogP contribution < -0.4 is 5.32 Å². The molecule has 0 atom stereocenters. The van der Waals surface area contributed by atoms with Crippen molar-refractivity contribution in [2.45, 2.75) is 20.4 Å². The van der Waals surface area contributed by atoms with E-state index in [1.807, 2.05) is 37.3 Å². The van der Waals surface area contributed by atoms with Crippen molar-refractivity contribution in [3.05, 3.63) is 48.0 Å². The zero-order valence-corrected chi connectivity index (χ0v) is 12.7. The molecule has 0 unspecified atom stereocenters. The second-order valence-electron chi connectivity index (χ2n) is 4.38. The van der Waals surface area contributed by atoms with E-state index in [0.717, 1.165) is 17.7 Å². The molecule has 0 bridgehead atoms. The minimum Gasteiger partial charge on any atom is -0.463 e. The number of esters is 1. The maximum Gasteiger partial charge on any atom is 0.330 e. The molecule has 118 valence electrons. The van der Waals surface area contributed by atoms with Gasteiger partial charge in [0.05, 0.1) is 6.61 Å². The topological polar surface area (TPSA) is 75.7 Å². The van der Waals surface area contributed by atoms with Crippen LogP contribution in [0.1, 0.15) is 19.4 Å². The summed E-state index contributed by atoms with van der Waals surface area (Å²) in [4.78, 5) is 36.2. The summed E-state index contributed by atoms with van der Waals surface area (Å²) in [6, 6.07) is 8.95. The summed E-state index contributed by atoms with van der Waals surface area (Å²) >= 11 is 0. The summed E-state index contributed by atoms with van der Waals surface area (Å²) in [5.74, 6) is -1.29. The highest BCUT2D eigenvalue weighted by Gasteiger charge is 2.14. The van der Waals surface area contributed by atoms with E-state index in [9.17, 15) is 14.4 Å². The molecular formula is C16H20N2O4. The largest absolute Gasteiger partial charge is 0.463 e. The molecule has 6 heteroatoms. The van der Waals surface area contributed by atoms with Crippen molar-refractivity contribution >= 4 is 17.9 Å². The molecule has 0 heterocycles. The normalized spacial score (nSPS) is 10.3. The van der Waals surface area contributed by atoms with Gasteiger partial charge in [-0.1, -0.05) is 30.3 Å². The average Bonchev–Trinajstić information content (AvgIpc) is 2.51. The summed E-state index contributed by atoms with van der Waals surface area (Å²) in [5.41, 5.74) is 0.967. The van der Waals surface area contributed by atoms with Gasteiger partial charge >= 0.3 is 12.0 Å². The Morgan fingerprint density at radius 3 is 2.41 bits per heavy atom. The third-order valence-electron chi connectivity index (χ3n) is 2.77. The number of rotatable bonds is 6. The number of urea groups is 1. The molecule has 0 fully saturated rings. The highest BCUT2D eigenvalue weighted by molar-refractivity contribution is 6.02. The van der Waals surface area contributed by atoms with Crippen molar-refractivity contribution in [3.63, 3.8) is 0 Å². The lowest BCUT2D eigenvalue weighted by atomic mass is 10.2. The van der Waals surface area contributed by atoms with Crippen LogP contribution in [-0.4, -0.2) is 36.0 Å².